The van der Waals surface area contributed by atoms with Crippen LogP contribution in [0.15, 0.2) is 0 Å². The molecule has 2 nitrogen and oxygen atoms in total. The molecule has 0 bridgehead atoms. The quantitative estimate of drug-likeness (QED) is 0.756. The van der Waals surface area contributed by atoms with Gasteiger partial charge in [0.05, 0.1) is 11.7 Å². The summed E-state index contributed by atoms with van der Waals surface area (Å²) in [6.45, 7) is 4.32. The summed E-state index contributed by atoms with van der Waals surface area (Å²) in [6, 6.07) is 0. The summed E-state index contributed by atoms with van der Waals surface area (Å²) in [5.41, 5.74) is -0.566. The van der Waals surface area contributed by atoms with Crippen LogP contribution in [0.1, 0.15) is 52.4 Å². The second kappa shape index (κ2) is 5.13. The number of hydrogen-bond donors (Lipinski definition) is 1. The van der Waals surface area contributed by atoms with Crippen LogP contribution in [0.5, 0.6) is 0 Å². The highest BCUT2D eigenvalue weighted by Crippen LogP contribution is 2.37. The Balaban J connectivity index is 2.66. The second-order valence-corrected chi connectivity index (χ2v) is 4.65. The van der Waals surface area contributed by atoms with Crippen LogP contribution < -0.4 is 0 Å². The van der Waals surface area contributed by atoms with E-state index in [0.29, 0.717) is 5.92 Å². The van der Waals surface area contributed by atoms with Gasteiger partial charge in [-0.15, -0.1) is 0 Å². The van der Waals surface area contributed by atoms with Gasteiger partial charge in [-0.1, -0.05) is 33.1 Å². The summed E-state index contributed by atoms with van der Waals surface area (Å²) >= 11 is 0. The van der Waals surface area contributed by atoms with E-state index >= 15 is 0 Å². The van der Waals surface area contributed by atoms with E-state index < -0.39 is 5.60 Å². The van der Waals surface area contributed by atoms with Crippen molar-refractivity contribution in [2.75, 3.05) is 7.11 Å². The van der Waals surface area contributed by atoms with Crippen LogP contribution in [-0.2, 0) is 4.74 Å². The zero-order valence-corrected chi connectivity index (χ0v) is 9.75. The molecule has 1 fully saturated rings. The fourth-order valence-corrected chi connectivity index (χ4v) is 2.72. The lowest BCUT2D eigenvalue weighted by molar-refractivity contribution is -0.147. The Labute approximate surface area is 87.7 Å². The zero-order chi connectivity index (χ0) is 10.6. The fourth-order valence-electron chi connectivity index (χ4n) is 2.72. The molecule has 1 aliphatic rings. The van der Waals surface area contributed by atoms with Gasteiger partial charge in [0.1, 0.15) is 0 Å². The molecule has 1 saturated carbocycles. The van der Waals surface area contributed by atoms with Gasteiger partial charge in [-0.3, -0.25) is 0 Å². The topological polar surface area (TPSA) is 29.5 Å². The van der Waals surface area contributed by atoms with Gasteiger partial charge < -0.3 is 9.84 Å². The van der Waals surface area contributed by atoms with Crippen molar-refractivity contribution in [2.24, 2.45) is 5.92 Å². The Morgan fingerprint density at radius 3 is 2.79 bits per heavy atom. The third-order valence-electron chi connectivity index (χ3n) is 3.71. The van der Waals surface area contributed by atoms with Crippen LogP contribution >= 0.6 is 0 Å². The first-order chi connectivity index (χ1) is 6.65. The van der Waals surface area contributed by atoms with Crippen molar-refractivity contribution < 1.29 is 9.84 Å². The van der Waals surface area contributed by atoms with Crippen molar-refractivity contribution in [3.8, 4) is 0 Å². The second-order valence-electron chi connectivity index (χ2n) is 4.65. The predicted octanol–water partition coefficient (Wildman–Crippen LogP) is 2.74. The molecule has 3 unspecified atom stereocenters. The van der Waals surface area contributed by atoms with Crippen LogP contribution in [0.3, 0.4) is 0 Å². The molecule has 3 atom stereocenters. The molecule has 0 aromatic rings. The molecule has 1 aliphatic carbocycles. The molecule has 1 rings (SSSR count). The van der Waals surface area contributed by atoms with Crippen molar-refractivity contribution in [2.45, 2.75) is 64.1 Å². The first-order valence-corrected chi connectivity index (χ1v) is 5.90. The van der Waals surface area contributed by atoms with Gasteiger partial charge in [0.25, 0.3) is 0 Å². The molecule has 0 aromatic heterocycles. The zero-order valence-electron chi connectivity index (χ0n) is 9.75. The molecule has 0 saturated heterocycles. The summed E-state index contributed by atoms with van der Waals surface area (Å²) in [5.74, 6) is 0.359. The van der Waals surface area contributed by atoms with Gasteiger partial charge in [0, 0.05) is 7.11 Å². The molecular formula is C12H24O2. The smallest absolute Gasteiger partial charge is 0.0933 e. The maximum Gasteiger partial charge on any atom is 0.0933 e. The van der Waals surface area contributed by atoms with E-state index in [1.807, 2.05) is 0 Å². The van der Waals surface area contributed by atoms with E-state index in [2.05, 4.69) is 13.8 Å². The Morgan fingerprint density at radius 1 is 1.50 bits per heavy atom. The average molecular weight is 200 g/mol. The Kier molecular flexibility index (Phi) is 4.39. The molecule has 0 amide bonds. The predicted molar refractivity (Wildman–Crippen MR) is 58.3 cm³/mol. The number of methoxy groups -OCH3 is 1. The van der Waals surface area contributed by atoms with Crippen LogP contribution in [0.2, 0.25) is 0 Å². The minimum Gasteiger partial charge on any atom is -0.387 e. The summed E-state index contributed by atoms with van der Waals surface area (Å²) in [5, 5.41) is 10.6. The van der Waals surface area contributed by atoms with Gasteiger partial charge in [0.15, 0.2) is 0 Å². The SMILES string of the molecule is CCCC(C)C1(O)CCCCC1OC. The van der Waals surface area contributed by atoms with Crippen molar-refractivity contribution in [1.82, 2.24) is 0 Å². The molecule has 0 heterocycles. The molecule has 14 heavy (non-hydrogen) atoms. The summed E-state index contributed by atoms with van der Waals surface area (Å²) in [6.07, 6.45) is 6.55. The van der Waals surface area contributed by atoms with E-state index in [1.165, 1.54) is 6.42 Å². The van der Waals surface area contributed by atoms with E-state index in [0.717, 1.165) is 32.1 Å². The van der Waals surface area contributed by atoms with E-state index in [-0.39, 0.29) is 6.10 Å². The number of aliphatic hydroxyl groups is 1. The number of hydrogen-bond acceptors (Lipinski definition) is 2. The highest BCUT2D eigenvalue weighted by atomic mass is 16.5. The largest absolute Gasteiger partial charge is 0.387 e. The summed E-state index contributed by atoms with van der Waals surface area (Å²) < 4.78 is 5.42. The van der Waals surface area contributed by atoms with Crippen molar-refractivity contribution >= 4 is 0 Å². The third kappa shape index (κ3) is 2.29. The van der Waals surface area contributed by atoms with Crippen LogP contribution in [0, 0.1) is 5.92 Å². The van der Waals surface area contributed by atoms with E-state index in [9.17, 15) is 5.11 Å². The Bertz CT molecular complexity index is 170. The molecule has 0 aromatic carbocycles. The highest BCUT2D eigenvalue weighted by molar-refractivity contribution is 4.94. The minimum atomic E-state index is -0.566. The van der Waals surface area contributed by atoms with E-state index in [1.54, 1.807) is 7.11 Å². The van der Waals surface area contributed by atoms with E-state index in [4.69, 9.17) is 4.74 Å². The fraction of sp³-hybridized carbons (Fsp3) is 1.00. The molecule has 0 aliphatic heterocycles. The summed E-state index contributed by atoms with van der Waals surface area (Å²) in [4.78, 5) is 0. The van der Waals surface area contributed by atoms with Gasteiger partial charge in [0.2, 0.25) is 0 Å². The van der Waals surface area contributed by atoms with Gasteiger partial charge >= 0.3 is 0 Å². The minimum absolute atomic E-state index is 0.0535. The average Bonchev–Trinajstić information content (AvgIpc) is 2.19. The van der Waals surface area contributed by atoms with Gasteiger partial charge in [-0.2, -0.15) is 0 Å². The third-order valence-corrected chi connectivity index (χ3v) is 3.71. The lowest BCUT2D eigenvalue weighted by Gasteiger charge is -2.43. The van der Waals surface area contributed by atoms with Crippen molar-refractivity contribution in [3.05, 3.63) is 0 Å². The molecule has 0 radical (unpaired) electrons. The van der Waals surface area contributed by atoms with Crippen molar-refractivity contribution in [1.29, 1.82) is 0 Å². The first-order valence-electron chi connectivity index (χ1n) is 5.90. The number of ether oxygens (including phenoxy) is 1. The highest BCUT2D eigenvalue weighted by Gasteiger charge is 2.42. The van der Waals surface area contributed by atoms with Crippen molar-refractivity contribution in [3.63, 3.8) is 0 Å². The maximum atomic E-state index is 10.6. The molecule has 2 heteroatoms. The molecular weight excluding hydrogens is 176 g/mol. The Hall–Kier alpha value is -0.0800. The lowest BCUT2D eigenvalue weighted by Crippen LogP contribution is -2.50. The summed E-state index contributed by atoms with van der Waals surface area (Å²) in [7, 11) is 1.72. The van der Waals surface area contributed by atoms with Crippen LogP contribution in [0.4, 0.5) is 0 Å². The molecule has 84 valence electrons. The monoisotopic (exact) mass is 200 g/mol. The van der Waals surface area contributed by atoms with Crippen LogP contribution in [0.25, 0.3) is 0 Å². The molecule has 1 N–H and O–H groups in total. The standard InChI is InChI=1S/C12H24O2/c1-4-7-10(2)12(13)9-6-5-8-11(12)14-3/h10-11,13H,4-9H2,1-3H3. The lowest BCUT2D eigenvalue weighted by atomic mass is 9.73. The van der Waals surface area contributed by atoms with Gasteiger partial charge in [-0.05, 0) is 25.2 Å². The molecule has 0 spiro atoms. The number of rotatable bonds is 4. The van der Waals surface area contributed by atoms with Crippen LogP contribution in [-0.4, -0.2) is 23.9 Å². The van der Waals surface area contributed by atoms with Gasteiger partial charge in [-0.25, -0.2) is 0 Å². The first kappa shape index (κ1) is 12.0. The maximum absolute atomic E-state index is 10.6. The normalized spacial score (nSPS) is 35.6. The Morgan fingerprint density at radius 2 is 2.21 bits per heavy atom.